The minimum Gasteiger partial charge on any atom is -0.490 e. The summed E-state index contributed by atoms with van der Waals surface area (Å²) in [4.78, 5) is 11.8. The van der Waals surface area contributed by atoms with Gasteiger partial charge < -0.3 is 14.8 Å². The second-order valence-corrected chi connectivity index (χ2v) is 5.83. The maximum Gasteiger partial charge on any atom is 0.244 e. The van der Waals surface area contributed by atoms with E-state index in [4.69, 9.17) is 9.47 Å². The summed E-state index contributed by atoms with van der Waals surface area (Å²) < 4.78 is 11.1. The Bertz CT molecular complexity index is 482. The summed E-state index contributed by atoms with van der Waals surface area (Å²) in [6.45, 7) is 5.18. The molecule has 0 aromatic heterocycles. The van der Waals surface area contributed by atoms with Crippen LogP contribution < -0.4 is 10.1 Å². The normalized spacial score (nSPS) is 21.1. The highest BCUT2D eigenvalue weighted by atomic mass is 16.5. The van der Waals surface area contributed by atoms with E-state index in [9.17, 15) is 4.79 Å². The van der Waals surface area contributed by atoms with Crippen molar-refractivity contribution in [3.05, 3.63) is 42.5 Å². The van der Waals surface area contributed by atoms with Gasteiger partial charge >= 0.3 is 0 Å². The van der Waals surface area contributed by atoms with E-state index in [0.29, 0.717) is 13.2 Å². The summed E-state index contributed by atoms with van der Waals surface area (Å²) >= 11 is 0. The fourth-order valence-corrected chi connectivity index (χ4v) is 2.42. The second kappa shape index (κ2) is 7.27. The first-order chi connectivity index (χ1) is 10.1. The molecule has 1 atom stereocenters. The van der Waals surface area contributed by atoms with E-state index in [1.54, 1.807) is 6.08 Å². The van der Waals surface area contributed by atoms with Crippen LogP contribution in [0.15, 0.2) is 42.5 Å². The van der Waals surface area contributed by atoms with Crippen molar-refractivity contribution in [3.63, 3.8) is 0 Å². The molecule has 1 saturated heterocycles. The van der Waals surface area contributed by atoms with Gasteiger partial charge in [0, 0.05) is 18.7 Å². The topological polar surface area (TPSA) is 47.6 Å². The quantitative estimate of drug-likeness (QED) is 0.848. The van der Waals surface area contributed by atoms with Gasteiger partial charge in [0.25, 0.3) is 0 Å². The molecule has 0 spiro atoms. The van der Waals surface area contributed by atoms with Crippen molar-refractivity contribution in [2.45, 2.75) is 38.3 Å². The van der Waals surface area contributed by atoms with Crippen molar-refractivity contribution >= 4 is 5.91 Å². The van der Waals surface area contributed by atoms with Gasteiger partial charge in [0.15, 0.2) is 0 Å². The molecule has 1 fully saturated rings. The Morgan fingerprint density at radius 3 is 2.90 bits per heavy atom. The molecule has 21 heavy (non-hydrogen) atoms. The monoisotopic (exact) mass is 289 g/mol. The summed E-state index contributed by atoms with van der Waals surface area (Å²) in [7, 11) is 0. The molecule has 0 bridgehead atoms. The SMILES string of the molecule is CC1(C)CC(NC(=O)C=CCOc2ccccc2)CCO1. The average Bonchev–Trinajstić information content (AvgIpc) is 2.44. The van der Waals surface area contributed by atoms with Crippen LogP contribution in [-0.4, -0.2) is 30.8 Å². The van der Waals surface area contributed by atoms with Gasteiger partial charge in [-0.15, -0.1) is 0 Å². The lowest BCUT2D eigenvalue weighted by atomic mass is 9.94. The fourth-order valence-electron chi connectivity index (χ4n) is 2.42. The number of hydrogen-bond acceptors (Lipinski definition) is 3. The van der Waals surface area contributed by atoms with Gasteiger partial charge in [-0.3, -0.25) is 4.79 Å². The predicted molar refractivity (Wildman–Crippen MR) is 82.3 cm³/mol. The smallest absolute Gasteiger partial charge is 0.244 e. The minimum atomic E-state index is -0.156. The van der Waals surface area contributed by atoms with E-state index < -0.39 is 0 Å². The molecule has 114 valence electrons. The Kier molecular flexibility index (Phi) is 5.39. The number of carbonyl (C=O) groups is 1. The van der Waals surface area contributed by atoms with Gasteiger partial charge in [0.1, 0.15) is 12.4 Å². The largest absolute Gasteiger partial charge is 0.490 e. The number of rotatable bonds is 5. The molecule has 4 nitrogen and oxygen atoms in total. The first kappa shape index (κ1) is 15.6. The summed E-state index contributed by atoms with van der Waals surface area (Å²) in [6.07, 6.45) is 4.97. The van der Waals surface area contributed by atoms with Crippen LogP contribution in [0.1, 0.15) is 26.7 Å². The van der Waals surface area contributed by atoms with E-state index in [2.05, 4.69) is 19.2 Å². The van der Waals surface area contributed by atoms with Gasteiger partial charge in [-0.25, -0.2) is 0 Å². The molecule has 1 aromatic carbocycles. The number of para-hydroxylation sites is 1. The summed E-state index contributed by atoms with van der Waals surface area (Å²) in [5.74, 6) is 0.725. The molecule has 1 unspecified atom stereocenters. The summed E-state index contributed by atoms with van der Waals surface area (Å²) in [5.41, 5.74) is -0.156. The van der Waals surface area contributed by atoms with Crippen molar-refractivity contribution in [2.24, 2.45) is 0 Å². The Hall–Kier alpha value is -1.81. The van der Waals surface area contributed by atoms with Crippen molar-refractivity contribution in [1.82, 2.24) is 5.32 Å². The second-order valence-electron chi connectivity index (χ2n) is 5.83. The van der Waals surface area contributed by atoms with Crippen LogP contribution in [0.3, 0.4) is 0 Å². The van der Waals surface area contributed by atoms with Crippen LogP contribution in [0.5, 0.6) is 5.75 Å². The first-order valence-corrected chi connectivity index (χ1v) is 7.34. The zero-order chi connectivity index (χ0) is 15.1. The molecule has 1 amide bonds. The highest BCUT2D eigenvalue weighted by molar-refractivity contribution is 5.87. The first-order valence-electron chi connectivity index (χ1n) is 7.34. The van der Waals surface area contributed by atoms with Crippen LogP contribution in [-0.2, 0) is 9.53 Å². The highest BCUT2D eigenvalue weighted by Crippen LogP contribution is 2.23. The molecule has 1 heterocycles. The van der Waals surface area contributed by atoms with Crippen LogP contribution in [0.25, 0.3) is 0 Å². The van der Waals surface area contributed by atoms with Crippen LogP contribution in [0, 0.1) is 0 Å². The van der Waals surface area contributed by atoms with Gasteiger partial charge in [0.05, 0.1) is 5.60 Å². The zero-order valence-corrected chi connectivity index (χ0v) is 12.7. The van der Waals surface area contributed by atoms with Crippen LogP contribution in [0.4, 0.5) is 0 Å². The molecular weight excluding hydrogens is 266 g/mol. The number of ether oxygens (including phenoxy) is 2. The van der Waals surface area contributed by atoms with Gasteiger partial charge in [-0.05, 0) is 44.9 Å². The van der Waals surface area contributed by atoms with Crippen molar-refractivity contribution < 1.29 is 14.3 Å². The molecule has 1 N–H and O–H groups in total. The molecule has 0 saturated carbocycles. The number of hydrogen-bond donors (Lipinski definition) is 1. The molecule has 0 aliphatic carbocycles. The van der Waals surface area contributed by atoms with Crippen LogP contribution in [0.2, 0.25) is 0 Å². The van der Waals surface area contributed by atoms with E-state index in [-0.39, 0.29) is 17.6 Å². The number of carbonyl (C=O) groups excluding carboxylic acids is 1. The Morgan fingerprint density at radius 2 is 2.19 bits per heavy atom. The Morgan fingerprint density at radius 1 is 1.43 bits per heavy atom. The van der Waals surface area contributed by atoms with Gasteiger partial charge in [-0.2, -0.15) is 0 Å². The molecule has 1 aliphatic heterocycles. The fraction of sp³-hybridized carbons (Fsp3) is 0.471. The third kappa shape index (κ3) is 5.60. The van der Waals surface area contributed by atoms with E-state index in [1.165, 1.54) is 6.08 Å². The molecule has 2 rings (SSSR count). The van der Waals surface area contributed by atoms with Crippen molar-refractivity contribution in [3.8, 4) is 5.75 Å². The molecule has 1 aromatic rings. The molecular formula is C17H23NO3. The zero-order valence-electron chi connectivity index (χ0n) is 12.7. The molecule has 4 heteroatoms. The molecule has 0 radical (unpaired) electrons. The highest BCUT2D eigenvalue weighted by Gasteiger charge is 2.29. The maximum atomic E-state index is 11.8. The summed E-state index contributed by atoms with van der Waals surface area (Å²) in [5, 5.41) is 3.01. The average molecular weight is 289 g/mol. The standard InChI is InChI=1S/C17H23NO3/c1-17(2)13-14(10-12-21-17)18-16(19)9-6-11-20-15-7-4-3-5-8-15/h3-9,14H,10-13H2,1-2H3,(H,18,19). The third-order valence-electron chi connectivity index (χ3n) is 3.40. The van der Waals surface area contributed by atoms with E-state index in [1.807, 2.05) is 30.3 Å². The van der Waals surface area contributed by atoms with Crippen molar-refractivity contribution in [2.75, 3.05) is 13.2 Å². The number of benzene rings is 1. The Labute approximate surface area is 126 Å². The maximum absolute atomic E-state index is 11.8. The lowest BCUT2D eigenvalue weighted by molar-refractivity contribution is -0.119. The molecule has 1 aliphatic rings. The third-order valence-corrected chi connectivity index (χ3v) is 3.40. The van der Waals surface area contributed by atoms with E-state index in [0.717, 1.165) is 18.6 Å². The van der Waals surface area contributed by atoms with Gasteiger partial charge in [0.2, 0.25) is 5.91 Å². The number of nitrogens with one attached hydrogen (secondary N) is 1. The summed E-state index contributed by atoms with van der Waals surface area (Å²) in [6, 6.07) is 9.72. The van der Waals surface area contributed by atoms with E-state index >= 15 is 0 Å². The van der Waals surface area contributed by atoms with Crippen molar-refractivity contribution in [1.29, 1.82) is 0 Å². The lowest BCUT2D eigenvalue weighted by Gasteiger charge is -2.35. The minimum absolute atomic E-state index is 0.0747. The van der Waals surface area contributed by atoms with Gasteiger partial charge in [-0.1, -0.05) is 18.2 Å². The number of amides is 1. The Balaban J connectivity index is 1.70. The predicted octanol–water partition coefficient (Wildman–Crippen LogP) is 2.70. The lowest BCUT2D eigenvalue weighted by Crippen LogP contribution is -2.45. The van der Waals surface area contributed by atoms with Crippen LogP contribution >= 0.6 is 0 Å².